The van der Waals surface area contributed by atoms with Crippen LogP contribution in [0.15, 0.2) is 0 Å². The van der Waals surface area contributed by atoms with Crippen molar-refractivity contribution in [3.05, 3.63) is 0 Å². The molecule has 5 heteroatoms. The molecule has 3 nitrogen and oxygen atoms in total. The number of alkyl carbamates (subject to hydrolysis) is 1. The third-order valence-electron chi connectivity index (χ3n) is 0.657. The van der Waals surface area contributed by atoms with E-state index in [9.17, 15) is 4.79 Å². The number of carbonyl (C=O) groups excluding carboxylic acids is 1. The molecule has 10 heavy (non-hydrogen) atoms. The Morgan fingerprint density at radius 2 is 2.30 bits per heavy atom. The first kappa shape index (κ1) is 12.6. The van der Waals surface area contributed by atoms with E-state index in [-0.39, 0.29) is 18.5 Å². The van der Waals surface area contributed by atoms with Gasteiger partial charge in [0.1, 0.15) is 0 Å². The normalized spacial score (nSPS) is 7.80. The summed E-state index contributed by atoms with van der Waals surface area (Å²) in [6.07, 6.45) is -0.369. The number of hydrogen-bond donors (Lipinski definition) is 2. The van der Waals surface area contributed by atoms with Gasteiger partial charge in [0.05, 0.1) is 6.61 Å². The van der Waals surface area contributed by atoms with Crippen molar-refractivity contribution in [3.63, 3.8) is 0 Å². The fourth-order valence-electron chi connectivity index (χ4n) is 0.340. The summed E-state index contributed by atoms with van der Waals surface area (Å²) in [4.78, 5) is 10.4. The lowest BCUT2D eigenvalue weighted by atomic mass is 10.7. The van der Waals surface area contributed by atoms with E-state index in [1.54, 1.807) is 6.92 Å². The number of carbonyl (C=O) groups is 1. The van der Waals surface area contributed by atoms with Crippen LogP contribution in [-0.2, 0) is 4.74 Å². The molecule has 0 aliphatic carbocycles. The Kier molecular flexibility index (Phi) is 11.2. The second kappa shape index (κ2) is 8.91. The van der Waals surface area contributed by atoms with Crippen molar-refractivity contribution >= 4 is 31.1 Å². The topological polar surface area (TPSA) is 38.3 Å². The van der Waals surface area contributed by atoms with Gasteiger partial charge < -0.3 is 10.1 Å². The van der Waals surface area contributed by atoms with Crippen molar-refractivity contribution in [1.29, 1.82) is 0 Å². The third-order valence-corrected chi connectivity index (χ3v) is 0.880. The molecule has 0 heterocycles. The fraction of sp³-hybridized carbons (Fsp3) is 0.800. The maximum Gasteiger partial charge on any atom is 0.407 e. The summed E-state index contributed by atoms with van der Waals surface area (Å²) in [5, 5.41) is 2.50. The molecule has 0 radical (unpaired) electrons. The zero-order valence-electron chi connectivity index (χ0n) is 5.79. The molecule has 0 aromatic carbocycles. The van der Waals surface area contributed by atoms with Gasteiger partial charge in [-0.25, -0.2) is 4.79 Å². The quantitative estimate of drug-likeness (QED) is 0.646. The van der Waals surface area contributed by atoms with Gasteiger partial charge >= 0.3 is 6.09 Å². The Hall–Kier alpha value is -0.0900. The summed E-state index contributed by atoms with van der Waals surface area (Å²) < 4.78 is 4.56. The van der Waals surface area contributed by atoms with Crippen LogP contribution < -0.4 is 5.32 Å². The highest BCUT2D eigenvalue weighted by molar-refractivity contribution is 7.80. The molecule has 0 unspecified atom stereocenters. The van der Waals surface area contributed by atoms with E-state index in [0.717, 1.165) is 0 Å². The van der Waals surface area contributed by atoms with Crippen LogP contribution in [0.25, 0.3) is 0 Å². The van der Waals surface area contributed by atoms with E-state index in [4.69, 9.17) is 0 Å². The highest BCUT2D eigenvalue weighted by Crippen LogP contribution is 1.75. The first-order valence-corrected chi connectivity index (χ1v) is 3.46. The Morgan fingerprint density at radius 1 is 1.70 bits per heavy atom. The summed E-state index contributed by atoms with van der Waals surface area (Å²) in [6, 6.07) is 0. The van der Waals surface area contributed by atoms with Gasteiger partial charge in [0.15, 0.2) is 0 Å². The second-order valence-corrected chi connectivity index (χ2v) is 1.82. The van der Waals surface area contributed by atoms with Gasteiger partial charge in [-0.05, 0) is 6.92 Å². The average molecular weight is 186 g/mol. The van der Waals surface area contributed by atoms with Crippen molar-refractivity contribution in [2.45, 2.75) is 6.92 Å². The number of amides is 1. The van der Waals surface area contributed by atoms with Crippen LogP contribution in [-0.4, -0.2) is 25.0 Å². The van der Waals surface area contributed by atoms with Crippen LogP contribution in [0.1, 0.15) is 6.92 Å². The second-order valence-electron chi connectivity index (χ2n) is 1.37. The third kappa shape index (κ3) is 7.91. The van der Waals surface area contributed by atoms with Crippen LogP contribution in [0.5, 0.6) is 0 Å². The van der Waals surface area contributed by atoms with Gasteiger partial charge in [0, 0.05) is 12.3 Å². The number of hydrogen-bond acceptors (Lipinski definition) is 3. The number of nitrogens with one attached hydrogen (secondary N) is 1. The van der Waals surface area contributed by atoms with Gasteiger partial charge in [0.2, 0.25) is 0 Å². The standard InChI is InChI=1S/C5H11NO2S.ClH/c1-2-8-5(7)6-3-4-9;/h9H,2-4H2,1H3,(H,6,7);1H. The summed E-state index contributed by atoms with van der Waals surface area (Å²) in [5.41, 5.74) is 0. The van der Waals surface area contributed by atoms with Crippen molar-refractivity contribution < 1.29 is 9.53 Å². The lowest BCUT2D eigenvalue weighted by Gasteiger charge is -2.01. The molecule has 0 atom stereocenters. The molecule has 0 rings (SSSR count). The van der Waals surface area contributed by atoms with Gasteiger partial charge in [-0.1, -0.05) is 0 Å². The monoisotopic (exact) mass is 185 g/mol. The first-order chi connectivity index (χ1) is 4.31. The van der Waals surface area contributed by atoms with Crippen LogP contribution in [0.2, 0.25) is 0 Å². The molecule has 1 N–H and O–H groups in total. The molecule has 0 saturated carbocycles. The number of thiol groups is 1. The smallest absolute Gasteiger partial charge is 0.407 e. The lowest BCUT2D eigenvalue weighted by molar-refractivity contribution is 0.153. The van der Waals surface area contributed by atoms with Gasteiger partial charge in [-0.2, -0.15) is 12.6 Å². The maximum absolute atomic E-state index is 10.4. The van der Waals surface area contributed by atoms with E-state index in [2.05, 4.69) is 22.7 Å². The summed E-state index contributed by atoms with van der Waals surface area (Å²) in [5.74, 6) is 0.638. The van der Waals surface area contributed by atoms with Crippen LogP contribution in [0.3, 0.4) is 0 Å². The highest BCUT2D eigenvalue weighted by Gasteiger charge is 1.94. The Morgan fingerprint density at radius 3 is 2.70 bits per heavy atom. The molecule has 62 valence electrons. The van der Waals surface area contributed by atoms with Crippen molar-refractivity contribution in [3.8, 4) is 0 Å². The Balaban J connectivity index is 0. The van der Waals surface area contributed by atoms with E-state index >= 15 is 0 Å². The van der Waals surface area contributed by atoms with Gasteiger partial charge in [0.25, 0.3) is 0 Å². The van der Waals surface area contributed by atoms with E-state index in [0.29, 0.717) is 18.9 Å². The van der Waals surface area contributed by atoms with Gasteiger partial charge in [-0.15, -0.1) is 12.4 Å². The maximum atomic E-state index is 10.4. The van der Waals surface area contributed by atoms with Crippen LogP contribution in [0, 0.1) is 0 Å². The predicted molar refractivity (Wildman–Crippen MR) is 46.1 cm³/mol. The van der Waals surface area contributed by atoms with E-state index in [1.807, 2.05) is 0 Å². The lowest BCUT2D eigenvalue weighted by Crippen LogP contribution is -2.25. The highest BCUT2D eigenvalue weighted by atomic mass is 35.5. The molecule has 0 aliphatic rings. The molecule has 0 aromatic heterocycles. The van der Waals surface area contributed by atoms with E-state index in [1.165, 1.54) is 0 Å². The molecule has 0 aliphatic heterocycles. The fourth-order valence-corrected chi connectivity index (χ4v) is 0.452. The van der Waals surface area contributed by atoms with Crippen molar-refractivity contribution in [2.24, 2.45) is 0 Å². The minimum atomic E-state index is -0.369. The Bertz CT molecular complexity index is 91.7. The zero-order chi connectivity index (χ0) is 7.11. The van der Waals surface area contributed by atoms with Crippen molar-refractivity contribution in [1.82, 2.24) is 5.32 Å². The number of halogens is 1. The van der Waals surface area contributed by atoms with Crippen LogP contribution >= 0.6 is 25.0 Å². The largest absolute Gasteiger partial charge is 0.450 e. The minimum Gasteiger partial charge on any atom is -0.450 e. The average Bonchev–Trinajstić information content (AvgIpc) is 1.85. The SMILES string of the molecule is CCOC(=O)NCCS.Cl. The summed E-state index contributed by atoms with van der Waals surface area (Å²) in [7, 11) is 0. The molecule has 0 fully saturated rings. The Labute approximate surface area is 72.3 Å². The summed E-state index contributed by atoms with van der Waals surface area (Å²) >= 11 is 3.89. The molecule has 1 amide bonds. The molecule has 0 aromatic rings. The number of rotatable bonds is 3. The molecule has 0 bridgehead atoms. The van der Waals surface area contributed by atoms with Gasteiger partial charge in [-0.3, -0.25) is 0 Å². The zero-order valence-corrected chi connectivity index (χ0v) is 7.50. The van der Waals surface area contributed by atoms with Crippen LogP contribution in [0.4, 0.5) is 4.79 Å². The van der Waals surface area contributed by atoms with E-state index < -0.39 is 0 Å². The molecule has 0 spiro atoms. The molecule has 0 saturated heterocycles. The predicted octanol–water partition coefficient (Wildman–Crippen LogP) is 1.08. The first-order valence-electron chi connectivity index (χ1n) is 2.82. The minimum absolute atomic E-state index is 0. The molecular weight excluding hydrogens is 174 g/mol. The summed E-state index contributed by atoms with van der Waals surface area (Å²) in [6.45, 7) is 2.74. The number of ether oxygens (including phenoxy) is 1. The van der Waals surface area contributed by atoms with Crippen molar-refractivity contribution in [2.75, 3.05) is 18.9 Å². The molecular formula is C5H12ClNO2S.